The molecule has 2 fully saturated rings. The molecule has 1 N–H and O–H groups in total. The average Bonchev–Trinajstić information content (AvgIpc) is 2.91. The van der Waals surface area contributed by atoms with Crippen molar-refractivity contribution >= 4 is 28.6 Å². The van der Waals surface area contributed by atoms with Gasteiger partial charge in [0.1, 0.15) is 5.82 Å². The normalized spacial score (nSPS) is 23.5. The van der Waals surface area contributed by atoms with Crippen molar-refractivity contribution in [1.82, 2.24) is 19.5 Å². The Morgan fingerprint density at radius 1 is 1.29 bits per heavy atom. The van der Waals surface area contributed by atoms with Gasteiger partial charge in [-0.05, 0) is 25.4 Å². The van der Waals surface area contributed by atoms with Gasteiger partial charge in [0.2, 0.25) is 5.28 Å². The fraction of sp³-hybridized carbons (Fsp3) is 0.667. The summed E-state index contributed by atoms with van der Waals surface area (Å²) in [6.07, 6.45) is 0. The monoisotopic (exact) mass is 353 g/mol. The summed E-state index contributed by atoms with van der Waals surface area (Å²) in [5, 5.41) is 10.9. The third-order valence-electron chi connectivity index (χ3n) is 4.60. The summed E-state index contributed by atoms with van der Waals surface area (Å²) in [6, 6.07) is 0.165. The number of hydrogen-bond acceptors (Lipinski definition) is 7. The van der Waals surface area contributed by atoms with Crippen LogP contribution < -0.4 is 4.90 Å². The first-order valence-corrected chi connectivity index (χ1v) is 8.50. The Labute approximate surface area is 144 Å². The van der Waals surface area contributed by atoms with E-state index in [4.69, 9.17) is 26.1 Å². The number of halogens is 1. The Morgan fingerprint density at radius 2 is 2.08 bits per heavy atom. The van der Waals surface area contributed by atoms with Gasteiger partial charge in [-0.1, -0.05) is 0 Å². The molecule has 0 bridgehead atoms. The molecule has 24 heavy (non-hydrogen) atoms. The zero-order valence-corrected chi connectivity index (χ0v) is 14.5. The highest BCUT2D eigenvalue weighted by atomic mass is 35.5. The Bertz CT molecular complexity index is 776. The zero-order chi connectivity index (χ0) is 16.9. The molecule has 0 amide bonds. The molecular formula is C15H20ClN5O3. The smallest absolute Gasteiger partial charge is 0.226 e. The van der Waals surface area contributed by atoms with Crippen molar-refractivity contribution in [3.05, 3.63) is 11.1 Å². The second-order valence-corrected chi connectivity index (χ2v) is 6.65. The molecule has 2 saturated heterocycles. The van der Waals surface area contributed by atoms with Crippen LogP contribution in [0.4, 0.5) is 5.82 Å². The van der Waals surface area contributed by atoms with Crippen LogP contribution in [0.15, 0.2) is 0 Å². The van der Waals surface area contributed by atoms with Crippen molar-refractivity contribution in [3.63, 3.8) is 0 Å². The molecule has 2 aromatic heterocycles. The van der Waals surface area contributed by atoms with E-state index in [9.17, 15) is 5.11 Å². The number of ether oxygens (including phenoxy) is 2. The molecule has 130 valence electrons. The quantitative estimate of drug-likeness (QED) is 0.822. The molecule has 9 heteroatoms. The Kier molecular flexibility index (Phi) is 3.87. The van der Waals surface area contributed by atoms with Crippen molar-refractivity contribution in [1.29, 1.82) is 0 Å². The van der Waals surface area contributed by atoms with E-state index < -0.39 is 5.60 Å². The Hall–Kier alpha value is -1.48. The van der Waals surface area contributed by atoms with E-state index in [0.717, 1.165) is 0 Å². The van der Waals surface area contributed by atoms with Gasteiger partial charge in [-0.3, -0.25) is 0 Å². The first-order valence-electron chi connectivity index (χ1n) is 8.12. The number of aliphatic hydroxyl groups is 1. The molecular weight excluding hydrogens is 334 g/mol. The number of morpholine rings is 1. The van der Waals surface area contributed by atoms with Crippen LogP contribution in [0.5, 0.6) is 0 Å². The van der Waals surface area contributed by atoms with Crippen molar-refractivity contribution in [2.75, 3.05) is 37.9 Å². The topological polar surface area (TPSA) is 85.5 Å². The lowest BCUT2D eigenvalue weighted by molar-refractivity contribution is -0.190. The van der Waals surface area contributed by atoms with Crippen LogP contribution >= 0.6 is 11.6 Å². The van der Waals surface area contributed by atoms with Gasteiger partial charge in [0, 0.05) is 13.1 Å². The Balaban J connectivity index is 1.91. The number of anilines is 1. The van der Waals surface area contributed by atoms with Gasteiger partial charge in [-0.15, -0.1) is 0 Å². The van der Waals surface area contributed by atoms with E-state index in [2.05, 4.69) is 21.8 Å². The second-order valence-electron chi connectivity index (χ2n) is 6.31. The molecule has 1 atom stereocenters. The van der Waals surface area contributed by atoms with Gasteiger partial charge in [0.15, 0.2) is 22.6 Å². The van der Waals surface area contributed by atoms with E-state index >= 15 is 0 Å². The van der Waals surface area contributed by atoms with Gasteiger partial charge < -0.3 is 24.0 Å². The van der Waals surface area contributed by atoms with Crippen LogP contribution in [-0.4, -0.2) is 63.6 Å². The number of aryl methyl sites for hydroxylation is 1. The molecule has 2 aromatic rings. The summed E-state index contributed by atoms with van der Waals surface area (Å²) in [5.74, 6) is 1.25. The summed E-state index contributed by atoms with van der Waals surface area (Å²) in [6.45, 7) is 7.13. The molecule has 4 heterocycles. The molecule has 4 rings (SSSR count). The second kappa shape index (κ2) is 5.80. The molecule has 2 aliphatic rings. The van der Waals surface area contributed by atoms with Crippen molar-refractivity contribution in [3.8, 4) is 0 Å². The van der Waals surface area contributed by atoms with Crippen LogP contribution in [0.25, 0.3) is 11.2 Å². The highest BCUT2D eigenvalue weighted by Gasteiger charge is 2.43. The summed E-state index contributed by atoms with van der Waals surface area (Å²) in [7, 11) is 0. The summed E-state index contributed by atoms with van der Waals surface area (Å²) >= 11 is 6.18. The molecule has 0 radical (unpaired) electrons. The predicted molar refractivity (Wildman–Crippen MR) is 88.3 cm³/mol. The molecule has 2 aliphatic heterocycles. The largest absolute Gasteiger partial charge is 0.377 e. The van der Waals surface area contributed by atoms with E-state index in [1.165, 1.54) is 0 Å². The Morgan fingerprint density at radius 3 is 2.71 bits per heavy atom. The number of fused-ring (bicyclic) bond motifs is 1. The standard InChI is InChI=1S/C15H20ClN5O3/c1-3-20-11-10(17-13(20)15(22)7-24-8-15)12(19-14(16)18-11)21-4-5-23-6-9(21)2/h9,22H,3-8H2,1-2H3/t9-/m0/s1. The first kappa shape index (κ1) is 16.0. The van der Waals surface area contributed by atoms with Crippen molar-refractivity contribution in [2.45, 2.75) is 32.0 Å². The minimum Gasteiger partial charge on any atom is -0.377 e. The highest BCUT2D eigenvalue weighted by Crippen LogP contribution is 2.34. The van der Waals surface area contributed by atoms with Crippen LogP contribution in [0.2, 0.25) is 5.28 Å². The molecule has 0 spiro atoms. The average molecular weight is 354 g/mol. The van der Waals surface area contributed by atoms with Gasteiger partial charge in [-0.25, -0.2) is 4.98 Å². The predicted octanol–water partition coefficient (Wildman–Crippen LogP) is 0.942. The van der Waals surface area contributed by atoms with Crippen molar-refractivity contribution in [2.24, 2.45) is 0 Å². The number of imidazole rings is 1. The van der Waals surface area contributed by atoms with Crippen LogP contribution in [0.1, 0.15) is 19.7 Å². The first-order chi connectivity index (χ1) is 11.5. The highest BCUT2D eigenvalue weighted by molar-refractivity contribution is 6.28. The minimum atomic E-state index is -1.07. The van der Waals surface area contributed by atoms with Crippen molar-refractivity contribution < 1.29 is 14.6 Å². The van der Waals surface area contributed by atoms with E-state index in [1.54, 1.807) is 0 Å². The fourth-order valence-corrected chi connectivity index (χ4v) is 3.44. The maximum atomic E-state index is 10.7. The number of rotatable bonds is 3. The van der Waals surface area contributed by atoms with Crippen LogP contribution in [0, 0.1) is 0 Å². The lowest BCUT2D eigenvalue weighted by Gasteiger charge is -2.35. The maximum absolute atomic E-state index is 10.7. The lowest BCUT2D eigenvalue weighted by Crippen LogP contribution is -2.48. The summed E-state index contributed by atoms with van der Waals surface area (Å²) in [5.41, 5.74) is 0.226. The van der Waals surface area contributed by atoms with E-state index in [1.807, 2.05) is 11.5 Å². The molecule has 0 aromatic carbocycles. The van der Waals surface area contributed by atoms with Gasteiger partial charge in [0.05, 0.1) is 32.5 Å². The van der Waals surface area contributed by atoms with Crippen LogP contribution in [-0.2, 0) is 21.6 Å². The molecule has 8 nitrogen and oxygen atoms in total. The molecule has 0 saturated carbocycles. The molecule has 0 unspecified atom stereocenters. The third kappa shape index (κ3) is 2.36. The summed E-state index contributed by atoms with van der Waals surface area (Å²) < 4.78 is 12.6. The third-order valence-corrected chi connectivity index (χ3v) is 4.77. The molecule has 0 aliphatic carbocycles. The minimum absolute atomic E-state index is 0.165. The zero-order valence-electron chi connectivity index (χ0n) is 13.7. The van der Waals surface area contributed by atoms with E-state index in [0.29, 0.717) is 49.1 Å². The maximum Gasteiger partial charge on any atom is 0.226 e. The van der Waals surface area contributed by atoms with Gasteiger partial charge >= 0.3 is 0 Å². The summed E-state index contributed by atoms with van der Waals surface area (Å²) in [4.78, 5) is 15.6. The number of hydrogen-bond donors (Lipinski definition) is 1. The van der Waals surface area contributed by atoms with Gasteiger partial charge in [-0.2, -0.15) is 9.97 Å². The van der Waals surface area contributed by atoms with Gasteiger partial charge in [0.25, 0.3) is 0 Å². The lowest BCUT2D eigenvalue weighted by atomic mass is 10.0. The van der Waals surface area contributed by atoms with Crippen LogP contribution in [0.3, 0.4) is 0 Å². The number of aromatic nitrogens is 4. The SMILES string of the molecule is CCn1c(C2(O)COC2)nc2c(N3CCOC[C@@H]3C)nc(Cl)nc21. The fourth-order valence-electron chi connectivity index (χ4n) is 3.28. The number of nitrogens with zero attached hydrogens (tertiary/aromatic N) is 5. The van der Waals surface area contributed by atoms with E-state index in [-0.39, 0.29) is 24.5 Å².